The highest BCUT2D eigenvalue weighted by Gasteiger charge is 2.26. The maximum Gasteiger partial charge on any atom is 0.145 e. The van der Waals surface area contributed by atoms with E-state index in [1.54, 1.807) is 6.07 Å². The minimum absolute atomic E-state index is 0.0653. The highest BCUT2D eigenvalue weighted by molar-refractivity contribution is 6.30. The van der Waals surface area contributed by atoms with Crippen molar-refractivity contribution in [3.8, 4) is 5.75 Å². The second-order valence-electron chi connectivity index (χ2n) is 6.48. The standard InChI is InChI=1S/C16H23ClFNO2/c1-16(2,3)19-9-12-4-5-13(21-12)10-20-11-6-7-14(17)15(18)8-11/h6-8,12-13,19H,4-5,9-10H2,1-3H3. The molecule has 1 aromatic rings. The fourth-order valence-corrected chi connectivity index (χ4v) is 2.35. The molecule has 0 amide bonds. The summed E-state index contributed by atoms with van der Waals surface area (Å²) in [5.41, 5.74) is 0.0960. The van der Waals surface area contributed by atoms with E-state index in [4.69, 9.17) is 21.1 Å². The van der Waals surface area contributed by atoms with Crippen molar-refractivity contribution < 1.29 is 13.9 Å². The molecule has 0 aliphatic carbocycles. The lowest BCUT2D eigenvalue weighted by Gasteiger charge is -2.23. The molecule has 1 aliphatic heterocycles. The second-order valence-corrected chi connectivity index (χ2v) is 6.88. The van der Waals surface area contributed by atoms with Crippen LogP contribution in [0.25, 0.3) is 0 Å². The van der Waals surface area contributed by atoms with Crippen LogP contribution < -0.4 is 10.1 Å². The molecular weight excluding hydrogens is 293 g/mol. The second kappa shape index (κ2) is 6.95. The molecule has 0 radical (unpaired) electrons. The SMILES string of the molecule is CC(C)(C)NCC1CCC(COc2ccc(Cl)c(F)c2)O1. The van der Waals surface area contributed by atoms with E-state index in [0.29, 0.717) is 12.4 Å². The average molecular weight is 316 g/mol. The Labute approximate surface area is 130 Å². The average Bonchev–Trinajstić information content (AvgIpc) is 2.85. The van der Waals surface area contributed by atoms with Crippen LogP contribution in [-0.2, 0) is 4.74 Å². The molecule has 21 heavy (non-hydrogen) atoms. The van der Waals surface area contributed by atoms with Gasteiger partial charge in [-0.3, -0.25) is 0 Å². The maximum atomic E-state index is 13.3. The van der Waals surface area contributed by atoms with Gasteiger partial charge in [-0.15, -0.1) is 0 Å². The Hall–Kier alpha value is -0.840. The molecular formula is C16H23ClFNO2. The number of hydrogen-bond acceptors (Lipinski definition) is 3. The number of benzene rings is 1. The van der Waals surface area contributed by atoms with E-state index >= 15 is 0 Å². The molecule has 2 unspecified atom stereocenters. The molecule has 0 bridgehead atoms. The summed E-state index contributed by atoms with van der Waals surface area (Å²) in [7, 11) is 0. The molecule has 3 nitrogen and oxygen atoms in total. The van der Waals surface area contributed by atoms with Gasteiger partial charge in [-0.05, 0) is 45.7 Å². The predicted octanol–water partition coefficient (Wildman–Crippen LogP) is 3.79. The summed E-state index contributed by atoms with van der Waals surface area (Å²) in [6.07, 6.45) is 2.27. The smallest absolute Gasteiger partial charge is 0.145 e. The van der Waals surface area contributed by atoms with Gasteiger partial charge in [-0.2, -0.15) is 0 Å². The van der Waals surface area contributed by atoms with Gasteiger partial charge in [-0.1, -0.05) is 11.6 Å². The van der Waals surface area contributed by atoms with Gasteiger partial charge in [-0.25, -0.2) is 4.39 Å². The number of nitrogens with one attached hydrogen (secondary N) is 1. The van der Waals surface area contributed by atoms with Gasteiger partial charge in [0.05, 0.1) is 17.2 Å². The summed E-state index contributed by atoms with van der Waals surface area (Å²) in [4.78, 5) is 0. The fourth-order valence-electron chi connectivity index (χ4n) is 2.23. The van der Waals surface area contributed by atoms with Crippen LogP contribution >= 0.6 is 11.6 Å². The third-order valence-electron chi connectivity index (χ3n) is 3.38. The van der Waals surface area contributed by atoms with Crippen molar-refractivity contribution in [1.29, 1.82) is 0 Å². The molecule has 1 aliphatic rings. The number of halogens is 2. The van der Waals surface area contributed by atoms with Crippen LogP contribution in [-0.4, -0.2) is 30.9 Å². The minimum atomic E-state index is -0.464. The highest BCUT2D eigenvalue weighted by atomic mass is 35.5. The third kappa shape index (κ3) is 5.46. The van der Waals surface area contributed by atoms with Crippen molar-refractivity contribution in [3.63, 3.8) is 0 Å². The monoisotopic (exact) mass is 315 g/mol. The Morgan fingerprint density at radius 3 is 2.71 bits per heavy atom. The van der Waals surface area contributed by atoms with Gasteiger partial charge in [0.1, 0.15) is 18.2 Å². The lowest BCUT2D eigenvalue weighted by atomic mass is 10.1. The number of hydrogen-bond donors (Lipinski definition) is 1. The van der Waals surface area contributed by atoms with Gasteiger partial charge >= 0.3 is 0 Å². The van der Waals surface area contributed by atoms with Crippen LogP contribution in [0, 0.1) is 5.82 Å². The van der Waals surface area contributed by atoms with Crippen molar-refractivity contribution in [3.05, 3.63) is 29.0 Å². The van der Waals surface area contributed by atoms with E-state index in [1.807, 2.05) is 0 Å². The van der Waals surface area contributed by atoms with Crippen molar-refractivity contribution >= 4 is 11.6 Å². The first kappa shape index (κ1) is 16.5. The van der Waals surface area contributed by atoms with E-state index in [1.165, 1.54) is 12.1 Å². The molecule has 1 fully saturated rings. The first-order valence-electron chi connectivity index (χ1n) is 7.32. The molecule has 5 heteroatoms. The Bertz CT molecular complexity index is 476. The largest absolute Gasteiger partial charge is 0.491 e. The van der Waals surface area contributed by atoms with E-state index in [9.17, 15) is 4.39 Å². The number of ether oxygens (including phenoxy) is 2. The van der Waals surface area contributed by atoms with Crippen molar-refractivity contribution in [2.45, 2.75) is 51.4 Å². The summed E-state index contributed by atoms with van der Waals surface area (Å²) in [6, 6.07) is 4.46. The fraction of sp³-hybridized carbons (Fsp3) is 0.625. The van der Waals surface area contributed by atoms with E-state index in [0.717, 1.165) is 19.4 Å². The summed E-state index contributed by atoms with van der Waals surface area (Å²) in [6.45, 7) is 7.69. The predicted molar refractivity (Wildman–Crippen MR) is 82.6 cm³/mol. The molecule has 1 saturated heterocycles. The summed E-state index contributed by atoms with van der Waals surface area (Å²) in [5, 5.41) is 3.55. The molecule has 0 aromatic heterocycles. The molecule has 2 atom stereocenters. The number of rotatable bonds is 5. The minimum Gasteiger partial charge on any atom is -0.491 e. The van der Waals surface area contributed by atoms with Crippen LogP contribution in [0.15, 0.2) is 18.2 Å². The van der Waals surface area contributed by atoms with Crippen LogP contribution in [0.2, 0.25) is 5.02 Å². The highest BCUT2D eigenvalue weighted by Crippen LogP contribution is 2.23. The summed E-state index contributed by atoms with van der Waals surface area (Å²) < 4.78 is 24.8. The molecule has 118 valence electrons. The van der Waals surface area contributed by atoms with Gasteiger partial charge < -0.3 is 14.8 Å². The van der Waals surface area contributed by atoms with Crippen molar-refractivity contribution in [1.82, 2.24) is 5.32 Å². The molecule has 1 aromatic carbocycles. The zero-order chi connectivity index (χ0) is 15.5. The third-order valence-corrected chi connectivity index (χ3v) is 3.69. The molecule has 0 saturated carbocycles. The van der Waals surface area contributed by atoms with Crippen LogP contribution in [0.5, 0.6) is 5.75 Å². The van der Waals surface area contributed by atoms with Crippen molar-refractivity contribution in [2.24, 2.45) is 0 Å². The summed E-state index contributed by atoms with van der Waals surface area (Å²) in [5.74, 6) is 0.0190. The quantitative estimate of drug-likeness (QED) is 0.896. The maximum absolute atomic E-state index is 13.3. The Morgan fingerprint density at radius 2 is 2.05 bits per heavy atom. The topological polar surface area (TPSA) is 30.5 Å². The Kier molecular flexibility index (Phi) is 5.47. The molecule has 0 spiro atoms. The van der Waals surface area contributed by atoms with Gasteiger partial charge in [0.2, 0.25) is 0 Å². The van der Waals surface area contributed by atoms with Gasteiger partial charge in [0, 0.05) is 18.2 Å². The Balaban J connectivity index is 1.74. The van der Waals surface area contributed by atoms with E-state index < -0.39 is 5.82 Å². The van der Waals surface area contributed by atoms with E-state index in [2.05, 4.69) is 26.1 Å². The van der Waals surface area contributed by atoms with Crippen LogP contribution in [0.1, 0.15) is 33.6 Å². The van der Waals surface area contributed by atoms with Crippen molar-refractivity contribution in [2.75, 3.05) is 13.2 Å². The van der Waals surface area contributed by atoms with E-state index in [-0.39, 0.29) is 22.8 Å². The molecule has 1 N–H and O–H groups in total. The van der Waals surface area contributed by atoms with Gasteiger partial charge in [0.25, 0.3) is 0 Å². The van der Waals surface area contributed by atoms with Gasteiger partial charge in [0.15, 0.2) is 0 Å². The normalized spacial score (nSPS) is 22.5. The van der Waals surface area contributed by atoms with Crippen LogP contribution in [0.4, 0.5) is 4.39 Å². The zero-order valence-electron chi connectivity index (χ0n) is 12.8. The zero-order valence-corrected chi connectivity index (χ0v) is 13.5. The first-order valence-corrected chi connectivity index (χ1v) is 7.69. The Morgan fingerprint density at radius 1 is 1.33 bits per heavy atom. The first-order chi connectivity index (χ1) is 9.83. The lowest BCUT2D eigenvalue weighted by molar-refractivity contribution is 0.0161. The van der Waals surface area contributed by atoms with Crippen LogP contribution in [0.3, 0.4) is 0 Å². The summed E-state index contributed by atoms with van der Waals surface area (Å²) >= 11 is 5.64. The lowest BCUT2D eigenvalue weighted by Crippen LogP contribution is -2.41. The molecule has 2 rings (SSSR count). The molecule has 1 heterocycles.